The van der Waals surface area contributed by atoms with Crippen LogP contribution in [0.5, 0.6) is 0 Å². The summed E-state index contributed by atoms with van der Waals surface area (Å²) in [6.45, 7) is 8.53. The lowest BCUT2D eigenvalue weighted by molar-refractivity contribution is -0.0987. The van der Waals surface area contributed by atoms with Gasteiger partial charge in [-0.1, -0.05) is 35.9 Å². The first-order valence-electron chi connectivity index (χ1n) is 10.7. The number of carbonyl (C=O) groups is 2. The molecule has 0 saturated carbocycles. The molecule has 6 nitrogen and oxygen atoms in total. The Morgan fingerprint density at radius 3 is 2.00 bits per heavy atom. The number of anilines is 1. The lowest BCUT2D eigenvalue weighted by Gasteiger charge is -2.10. The summed E-state index contributed by atoms with van der Waals surface area (Å²) in [5.41, 5.74) is 2.81. The van der Waals surface area contributed by atoms with E-state index < -0.39 is 15.8 Å². The van der Waals surface area contributed by atoms with Gasteiger partial charge in [-0.2, -0.15) is 0 Å². The van der Waals surface area contributed by atoms with E-state index in [-0.39, 0.29) is 9.92 Å². The van der Waals surface area contributed by atoms with Crippen molar-refractivity contribution < 1.29 is 22.4 Å². The molecule has 0 radical (unpaired) electrons. The summed E-state index contributed by atoms with van der Waals surface area (Å²) in [6.07, 6.45) is 2.83. The van der Waals surface area contributed by atoms with Gasteiger partial charge < -0.3 is 14.5 Å². The maximum Gasteiger partial charge on any atom is 0.261 e. The van der Waals surface area contributed by atoms with E-state index in [0.29, 0.717) is 16.8 Å². The number of benzene rings is 3. The molecule has 0 amide bonds. The smallest absolute Gasteiger partial charge is 0.261 e. The predicted molar refractivity (Wildman–Crippen MR) is 140 cm³/mol. The number of nitrogens with one attached hydrogen (secondary N) is 1. The molecule has 1 heterocycles. The maximum atomic E-state index is 13.1. The van der Waals surface area contributed by atoms with Crippen LogP contribution in [0.25, 0.3) is 11.1 Å². The van der Waals surface area contributed by atoms with Gasteiger partial charge >= 0.3 is 0 Å². The summed E-state index contributed by atoms with van der Waals surface area (Å²) in [7, 11) is -1.52. The fourth-order valence-corrected chi connectivity index (χ4v) is 4.66. The average molecular weight is 521 g/mol. The van der Waals surface area contributed by atoms with Crippen molar-refractivity contribution in [3.05, 3.63) is 83.1 Å². The number of sulfonamides is 1. The standard InChI is InChI=1S/C19H15ClFNO2S.C5H11N.2CH2O/c1-13-3-2-4-16(11-13)22-25(23,24)17-8-5-14(6-9-17)18-10-7-15(21)12-19(18)20;1-6-4-2-3-5-6;2*1-2/h2-12,22H,1H3;2-5H2,1H3;2*1H2. The third kappa shape index (κ3) is 9.60. The molecular formula is C26H30ClFN2O4S. The van der Waals surface area contributed by atoms with Crippen LogP contribution in [0.2, 0.25) is 5.02 Å². The zero-order chi connectivity index (χ0) is 26.4. The highest BCUT2D eigenvalue weighted by Gasteiger charge is 2.15. The van der Waals surface area contributed by atoms with Crippen molar-refractivity contribution in [1.29, 1.82) is 0 Å². The summed E-state index contributed by atoms with van der Waals surface area (Å²) in [4.78, 5) is 18.5. The van der Waals surface area contributed by atoms with Crippen LogP contribution in [0.3, 0.4) is 0 Å². The van der Waals surface area contributed by atoms with Crippen LogP contribution in [0, 0.1) is 12.7 Å². The Balaban J connectivity index is 0.000000519. The number of carbonyl (C=O) groups excluding carboxylic acids is 2. The van der Waals surface area contributed by atoms with E-state index in [2.05, 4.69) is 16.7 Å². The van der Waals surface area contributed by atoms with Gasteiger partial charge in [0, 0.05) is 11.3 Å². The molecule has 3 aromatic rings. The second-order valence-electron chi connectivity index (χ2n) is 7.63. The van der Waals surface area contributed by atoms with Crippen LogP contribution >= 0.6 is 11.6 Å². The van der Waals surface area contributed by atoms with E-state index in [1.54, 1.807) is 36.4 Å². The molecule has 0 aromatic heterocycles. The highest BCUT2D eigenvalue weighted by atomic mass is 35.5. The predicted octanol–water partition coefficient (Wildman–Crippen LogP) is 5.60. The van der Waals surface area contributed by atoms with Gasteiger partial charge in [-0.3, -0.25) is 4.72 Å². The van der Waals surface area contributed by atoms with Crippen molar-refractivity contribution in [2.24, 2.45) is 0 Å². The van der Waals surface area contributed by atoms with Crippen molar-refractivity contribution in [1.82, 2.24) is 4.90 Å². The van der Waals surface area contributed by atoms with Crippen LogP contribution in [-0.2, 0) is 19.6 Å². The fraction of sp³-hybridized carbons (Fsp3) is 0.231. The molecule has 1 aliphatic heterocycles. The molecule has 0 atom stereocenters. The van der Waals surface area contributed by atoms with Crippen molar-refractivity contribution >= 4 is 40.9 Å². The SMILES string of the molecule is C=O.C=O.CN1CCCC1.Cc1cccc(NS(=O)(=O)c2ccc(-c3ccc(F)cc3Cl)cc2)c1. The monoisotopic (exact) mass is 520 g/mol. The minimum absolute atomic E-state index is 0.135. The summed E-state index contributed by atoms with van der Waals surface area (Å²) >= 11 is 6.05. The molecule has 9 heteroatoms. The Kier molecular flexibility index (Phi) is 12.9. The molecule has 4 rings (SSSR count). The zero-order valence-electron chi connectivity index (χ0n) is 19.8. The highest BCUT2D eigenvalue weighted by molar-refractivity contribution is 7.92. The number of nitrogens with zero attached hydrogens (tertiary/aromatic N) is 1. The number of hydrogen-bond donors (Lipinski definition) is 1. The van der Waals surface area contributed by atoms with E-state index in [0.717, 1.165) is 5.56 Å². The average Bonchev–Trinajstić information content (AvgIpc) is 3.33. The Morgan fingerprint density at radius 1 is 0.914 bits per heavy atom. The van der Waals surface area contributed by atoms with Gasteiger partial charge in [-0.15, -0.1) is 0 Å². The number of aryl methyl sites for hydroxylation is 1. The molecule has 3 aromatic carbocycles. The van der Waals surface area contributed by atoms with Crippen molar-refractivity contribution in [2.45, 2.75) is 24.7 Å². The largest absolute Gasteiger partial charge is 0.307 e. The molecule has 35 heavy (non-hydrogen) atoms. The maximum absolute atomic E-state index is 13.1. The van der Waals surface area contributed by atoms with Gasteiger partial charge in [0.15, 0.2) is 0 Å². The van der Waals surface area contributed by atoms with Gasteiger partial charge in [-0.25, -0.2) is 12.8 Å². The van der Waals surface area contributed by atoms with Crippen molar-refractivity contribution in [3.63, 3.8) is 0 Å². The zero-order valence-corrected chi connectivity index (χ0v) is 21.4. The minimum atomic E-state index is -3.69. The second-order valence-corrected chi connectivity index (χ2v) is 9.72. The molecule has 1 fully saturated rings. The highest BCUT2D eigenvalue weighted by Crippen LogP contribution is 2.29. The molecule has 1 N–H and O–H groups in total. The van der Waals surface area contributed by atoms with Crippen molar-refractivity contribution in [3.8, 4) is 11.1 Å². The van der Waals surface area contributed by atoms with E-state index >= 15 is 0 Å². The summed E-state index contributed by atoms with van der Waals surface area (Å²) < 4.78 is 40.7. The molecule has 1 aliphatic rings. The Labute approximate surface area is 211 Å². The van der Waals surface area contributed by atoms with Gasteiger partial charge in [0.1, 0.15) is 19.4 Å². The Bertz CT molecular complexity index is 1170. The normalized spacial score (nSPS) is 12.7. The van der Waals surface area contributed by atoms with Crippen LogP contribution in [-0.4, -0.2) is 47.0 Å². The first-order chi connectivity index (χ1) is 16.7. The summed E-state index contributed by atoms with van der Waals surface area (Å²) in [5.74, 6) is -0.421. The third-order valence-corrected chi connectivity index (χ3v) is 6.72. The molecular weight excluding hydrogens is 491 g/mol. The second kappa shape index (κ2) is 15.0. The van der Waals surface area contributed by atoms with Gasteiger partial charge in [0.2, 0.25) is 0 Å². The summed E-state index contributed by atoms with van der Waals surface area (Å²) in [6, 6.07) is 17.5. The van der Waals surface area contributed by atoms with Crippen LogP contribution < -0.4 is 4.72 Å². The number of likely N-dealkylation sites (tertiary alicyclic amines) is 1. The minimum Gasteiger partial charge on any atom is -0.307 e. The molecule has 0 bridgehead atoms. The first-order valence-corrected chi connectivity index (χ1v) is 12.5. The topological polar surface area (TPSA) is 83.6 Å². The van der Waals surface area contributed by atoms with E-state index in [1.165, 1.54) is 50.2 Å². The molecule has 188 valence electrons. The number of rotatable bonds is 4. The van der Waals surface area contributed by atoms with Crippen LogP contribution in [0.4, 0.5) is 10.1 Å². The quantitative estimate of drug-likeness (QED) is 0.484. The first kappa shape index (κ1) is 30.0. The van der Waals surface area contributed by atoms with Gasteiger partial charge in [0.25, 0.3) is 10.0 Å². The van der Waals surface area contributed by atoms with Gasteiger partial charge in [0.05, 0.1) is 9.92 Å². The Morgan fingerprint density at radius 2 is 1.51 bits per heavy atom. The van der Waals surface area contributed by atoms with E-state index in [1.807, 2.05) is 26.6 Å². The van der Waals surface area contributed by atoms with Gasteiger partial charge in [-0.05, 0) is 93.5 Å². The van der Waals surface area contributed by atoms with E-state index in [4.69, 9.17) is 21.2 Å². The van der Waals surface area contributed by atoms with Crippen LogP contribution in [0.15, 0.2) is 71.6 Å². The number of hydrogen-bond acceptors (Lipinski definition) is 5. The summed E-state index contributed by atoms with van der Waals surface area (Å²) in [5, 5.41) is 0.272. The molecule has 0 aliphatic carbocycles. The molecule has 0 spiro atoms. The molecule has 1 saturated heterocycles. The fourth-order valence-electron chi connectivity index (χ4n) is 3.34. The van der Waals surface area contributed by atoms with Crippen LogP contribution in [0.1, 0.15) is 18.4 Å². The van der Waals surface area contributed by atoms with Crippen molar-refractivity contribution in [2.75, 3.05) is 24.9 Å². The Hall–Kier alpha value is -3.07. The third-order valence-electron chi connectivity index (χ3n) is 5.01. The lowest BCUT2D eigenvalue weighted by atomic mass is 10.1. The lowest BCUT2D eigenvalue weighted by Crippen LogP contribution is -2.12. The van der Waals surface area contributed by atoms with E-state index in [9.17, 15) is 12.8 Å². The number of halogens is 2. The molecule has 0 unspecified atom stereocenters.